The van der Waals surface area contributed by atoms with Gasteiger partial charge >= 0.3 is 0 Å². The van der Waals surface area contributed by atoms with Crippen molar-refractivity contribution < 1.29 is 4.79 Å². The van der Waals surface area contributed by atoms with Gasteiger partial charge in [0, 0.05) is 23.9 Å². The average molecular weight is 360 g/mol. The summed E-state index contributed by atoms with van der Waals surface area (Å²) in [5, 5.41) is 7.70. The summed E-state index contributed by atoms with van der Waals surface area (Å²) in [5.41, 5.74) is 5.24. The number of aromatic nitrogens is 3. The Bertz CT molecular complexity index is 967. The molecule has 0 atom stereocenters. The van der Waals surface area contributed by atoms with Crippen LogP contribution in [0.1, 0.15) is 28.7 Å². The van der Waals surface area contributed by atoms with Crippen LogP contribution in [0.4, 0.5) is 5.69 Å². The fraction of sp³-hybridized carbons (Fsp3) is 0.227. The Morgan fingerprint density at radius 3 is 2.22 bits per heavy atom. The number of nitrogens with one attached hydrogen (secondary N) is 1. The molecule has 0 amide bonds. The minimum Gasteiger partial charge on any atom is -0.381 e. The number of carbonyl (C=O) groups excluding carboxylic acids is 1. The smallest absolute Gasteiger partial charge is 0.272 e. The van der Waals surface area contributed by atoms with Crippen LogP contribution in [-0.4, -0.2) is 27.2 Å². The number of carbonyl (C=O) groups is 1. The molecule has 2 aromatic carbocycles. The molecule has 3 aromatic rings. The highest BCUT2D eigenvalue weighted by Crippen LogP contribution is 2.16. The second-order valence-electron chi connectivity index (χ2n) is 6.81. The van der Waals surface area contributed by atoms with Crippen molar-refractivity contribution in [1.82, 2.24) is 14.8 Å². The summed E-state index contributed by atoms with van der Waals surface area (Å²) in [6, 6.07) is 16.1. The summed E-state index contributed by atoms with van der Waals surface area (Å²) in [5.74, 6) is 0.942. The van der Waals surface area contributed by atoms with Gasteiger partial charge in [-0.15, -0.1) is 5.10 Å². The lowest BCUT2D eigenvalue weighted by molar-refractivity contribution is 0.0950. The average Bonchev–Trinajstić information content (AvgIpc) is 3.03. The minimum absolute atomic E-state index is 0.193. The van der Waals surface area contributed by atoms with Crippen LogP contribution < -0.4 is 5.32 Å². The van der Waals surface area contributed by atoms with E-state index in [1.165, 1.54) is 15.8 Å². The molecule has 5 nitrogen and oxygen atoms in total. The highest BCUT2D eigenvalue weighted by Gasteiger charge is 2.13. The van der Waals surface area contributed by atoms with Crippen LogP contribution >= 0.6 is 0 Å². The quantitative estimate of drug-likeness (QED) is 0.677. The van der Waals surface area contributed by atoms with Crippen molar-refractivity contribution in [2.24, 2.45) is 0 Å². The van der Waals surface area contributed by atoms with Crippen LogP contribution in [0.2, 0.25) is 0 Å². The van der Waals surface area contributed by atoms with E-state index < -0.39 is 0 Å². The Kier molecular flexibility index (Phi) is 5.50. The summed E-state index contributed by atoms with van der Waals surface area (Å²) >= 11 is 0. The second kappa shape index (κ2) is 7.99. The van der Waals surface area contributed by atoms with Gasteiger partial charge in [-0.1, -0.05) is 47.5 Å². The van der Waals surface area contributed by atoms with E-state index in [9.17, 15) is 4.79 Å². The zero-order valence-corrected chi connectivity index (χ0v) is 16.2. The van der Waals surface area contributed by atoms with Gasteiger partial charge in [0.25, 0.3) is 5.91 Å². The van der Waals surface area contributed by atoms with Crippen LogP contribution in [0.25, 0.3) is 11.4 Å². The van der Waals surface area contributed by atoms with Crippen LogP contribution in [0.5, 0.6) is 0 Å². The normalized spacial score (nSPS) is 11.5. The van der Waals surface area contributed by atoms with E-state index in [1.54, 1.807) is 13.0 Å². The number of allylic oxidation sites excluding steroid dienone is 1. The Morgan fingerprint density at radius 2 is 1.59 bits per heavy atom. The van der Waals surface area contributed by atoms with Crippen molar-refractivity contribution in [2.75, 3.05) is 11.9 Å². The maximum absolute atomic E-state index is 12.6. The maximum Gasteiger partial charge on any atom is 0.272 e. The first-order valence-electron chi connectivity index (χ1n) is 8.95. The van der Waals surface area contributed by atoms with Gasteiger partial charge in [0.1, 0.15) is 5.82 Å². The summed E-state index contributed by atoms with van der Waals surface area (Å²) in [6.45, 7) is 8.39. The van der Waals surface area contributed by atoms with Crippen LogP contribution in [0, 0.1) is 20.8 Å². The molecule has 1 aromatic heterocycles. The van der Waals surface area contributed by atoms with Crippen molar-refractivity contribution in [1.29, 1.82) is 0 Å². The molecule has 0 aliphatic rings. The van der Waals surface area contributed by atoms with Gasteiger partial charge in [-0.2, -0.15) is 4.68 Å². The Balaban J connectivity index is 1.70. The SMILES string of the molecule is C/C(=C\C(=O)n1nc(-c2ccc(C)cc2)nc1C)CNc1ccc(C)cc1. The number of benzene rings is 2. The molecule has 1 heterocycles. The third-order valence-electron chi connectivity index (χ3n) is 4.28. The van der Waals surface area contributed by atoms with Crippen LogP contribution in [0.3, 0.4) is 0 Å². The summed E-state index contributed by atoms with van der Waals surface area (Å²) < 4.78 is 1.35. The van der Waals surface area contributed by atoms with Gasteiger partial charge in [-0.05, 0) is 45.4 Å². The number of anilines is 1. The molecule has 27 heavy (non-hydrogen) atoms. The number of hydrogen-bond acceptors (Lipinski definition) is 4. The third-order valence-corrected chi connectivity index (χ3v) is 4.28. The van der Waals surface area contributed by atoms with E-state index in [4.69, 9.17) is 0 Å². The monoisotopic (exact) mass is 360 g/mol. The molecule has 3 rings (SSSR count). The molecule has 0 aliphatic carbocycles. The molecule has 0 saturated heterocycles. The van der Waals surface area contributed by atoms with E-state index in [0.717, 1.165) is 16.8 Å². The molecular weight excluding hydrogens is 336 g/mol. The lowest BCUT2D eigenvalue weighted by Crippen LogP contribution is -2.13. The van der Waals surface area contributed by atoms with E-state index in [1.807, 2.05) is 50.2 Å². The van der Waals surface area contributed by atoms with Crippen molar-refractivity contribution in [3.05, 3.63) is 77.1 Å². The molecule has 1 N–H and O–H groups in total. The van der Waals surface area contributed by atoms with Gasteiger partial charge in [-0.25, -0.2) is 4.98 Å². The molecule has 138 valence electrons. The van der Waals surface area contributed by atoms with E-state index >= 15 is 0 Å². The Morgan fingerprint density at radius 1 is 1.00 bits per heavy atom. The van der Waals surface area contributed by atoms with Gasteiger partial charge < -0.3 is 5.32 Å². The van der Waals surface area contributed by atoms with Crippen molar-refractivity contribution in [2.45, 2.75) is 27.7 Å². The summed E-state index contributed by atoms with van der Waals surface area (Å²) in [7, 11) is 0. The van der Waals surface area contributed by atoms with Crippen molar-refractivity contribution in [3.8, 4) is 11.4 Å². The Hall–Kier alpha value is -3.21. The first-order valence-corrected chi connectivity index (χ1v) is 8.95. The largest absolute Gasteiger partial charge is 0.381 e. The van der Waals surface area contributed by atoms with Crippen molar-refractivity contribution in [3.63, 3.8) is 0 Å². The molecule has 0 aliphatic heterocycles. The molecular formula is C22H24N4O. The highest BCUT2D eigenvalue weighted by atomic mass is 16.2. The lowest BCUT2D eigenvalue weighted by Gasteiger charge is -2.07. The molecule has 5 heteroatoms. The first-order chi connectivity index (χ1) is 12.9. The maximum atomic E-state index is 12.6. The first kappa shape index (κ1) is 18.6. The van der Waals surface area contributed by atoms with E-state index in [-0.39, 0.29) is 5.91 Å². The summed E-state index contributed by atoms with van der Waals surface area (Å²) in [6.07, 6.45) is 1.60. The van der Waals surface area contributed by atoms with Gasteiger partial charge in [-0.3, -0.25) is 4.79 Å². The Labute approximate surface area is 159 Å². The second-order valence-corrected chi connectivity index (χ2v) is 6.81. The molecule has 0 saturated carbocycles. The predicted octanol–water partition coefficient (Wildman–Crippen LogP) is 4.57. The van der Waals surface area contributed by atoms with E-state index in [2.05, 4.69) is 34.5 Å². The fourth-order valence-corrected chi connectivity index (χ4v) is 2.66. The third kappa shape index (κ3) is 4.70. The van der Waals surface area contributed by atoms with Gasteiger partial charge in [0.2, 0.25) is 0 Å². The summed E-state index contributed by atoms with van der Waals surface area (Å²) in [4.78, 5) is 17.0. The number of aryl methyl sites for hydroxylation is 3. The van der Waals surface area contributed by atoms with Gasteiger partial charge in [0.05, 0.1) is 0 Å². The number of nitrogens with zero attached hydrogens (tertiary/aromatic N) is 3. The number of hydrogen-bond donors (Lipinski definition) is 1. The standard InChI is InChI=1S/C22H24N4O/c1-15-5-9-19(10-6-15)22-24-18(4)26(25-22)21(27)13-17(3)14-23-20-11-7-16(2)8-12-20/h5-13,23H,14H2,1-4H3/b17-13+. The van der Waals surface area contributed by atoms with Crippen molar-refractivity contribution >= 4 is 11.6 Å². The number of rotatable bonds is 5. The topological polar surface area (TPSA) is 59.8 Å². The highest BCUT2D eigenvalue weighted by molar-refractivity contribution is 5.90. The molecule has 0 spiro atoms. The molecule has 0 unspecified atom stereocenters. The molecule has 0 radical (unpaired) electrons. The minimum atomic E-state index is -0.193. The van der Waals surface area contributed by atoms with Crippen LogP contribution in [-0.2, 0) is 0 Å². The molecule has 0 fully saturated rings. The lowest BCUT2D eigenvalue weighted by atomic mass is 10.1. The van der Waals surface area contributed by atoms with E-state index in [0.29, 0.717) is 18.2 Å². The fourth-order valence-electron chi connectivity index (χ4n) is 2.66. The molecule has 0 bridgehead atoms. The zero-order valence-electron chi connectivity index (χ0n) is 16.2. The zero-order chi connectivity index (χ0) is 19.4. The van der Waals surface area contributed by atoms with Crippen LogP contribution in [0.15, 0.2) is 60.2 Å². The van der Waals surface area contributed by atoms with Gasteiger partial charge in [0.15, 0.2) is 5.82 Å². The predicted molar refractivity (Wildman–Crippen MR) is 109 cm³/mol.